The Kier molecular flexibility index (Phi) is 5.72. The first-order valence-electron chi connectivity index (χ1n) is 8.51. The molecule has 0 aliphatic rings. The number of carbonyl (C=O) groups is 1. The molecule has 3 rings (SSSR count). The summed E-state index contributed by atoms with van der Waals surface area (Å²) in [6.45, 7) is 2.47. The van der Waals surface area contributed by atoms with Crippen molar-refractivity contribution in [1.29, 1.82) is 5.26 Å². The van der Waals surface area contributed by atoms with Crippen molar-refractivity contribution < 1.29 is 9.53 Å². The van der Waals surface area contributed by atoms with E-state index in [1.54, 1.807) is 30.3 Å². The zero-order chi connectivity index (χ0) is 20.1. The number of aromatic nitrogens is 1. The highest BCUT2D eigenvalue weighted by Crippen LogP contribution is 2.12. The molecule has 0 aliphatic heterocycles. The van der Waals surface area contributed by atoms with Gasteiger partial charge in [-0.2, -0.15) is 5.26 Å². The minimum absolute atomic E-state index is 0.211. The van der Waals surface area contributed by atoms with Gasteiger partial charge in [0, 0.05) is 0 Å². The van der Waals surface area contributed by atoms with Crippen molar-refractivity contribution in [2.45, 2.75) is 6.92 Å². The maximum Gasteiger partial charge on any atom is 0.273 e. The van der Waals surface area contributed by atoms with Crippen LogP contribution in [0.4, 0.5) is 0 Å². The number of nitriles is 1. The van der Waals surface area contributed by atoms with Gasteiger partial charge in [-0.3, -0.25) is 14.2 Å². The van der Waals surface area contributed by atoms with Crippen molar-refractivity contribution in [2.24, 2.45) is 5.73 Å². The third kappa shape index (κ3) is 3.87. The summed E-state index contributed by atoms with van der Waals surface area (Å²) in [7, 11) is 0. The Morgan fingerprint density at radius 1 is 1.21 bits per heavy atom. The molecule has 0 atom stereocenters. The van der Waals surface area contributed by atoms with Gasteiger partial charge in [-0.25, -0.2) is 0 Å². The van der Waals surface area contributed by atoms with Crippen LogP contribution in [0.25, 0.3) is 17.3 Å². The van der Waals surface area contributed by atoms with E-state index >= 15 is 0 Å². The molecule has 1 heterocycles. The molecule has 7 heteroatoms. The Balaban J connectivity index is 2.28. The maximum absolute atomic E-state index is 13.0. The molecule has 28 heavy (non-hydrogen) atoms. The molecule has 0 bridgehead atoms. The molecule has 2 aromatic carbocycles. The molecule has 0 saturated carbocycles. The molecule has 0 spiro atoms. The third-order valence-electron chi connectivity index (χ3n) is 3.90. The van der Waals surface area contributed by atoms with E-state index in [-0.39, 0.29) is 15.8 Å². The number of carbonyl (C=O) groups excluding carboxylic acids is 1. The van der Waals surface area contributed by atoms with E-state index in [2.05, 4.69) is 0 Å². The van der Waals surface area contributed by atoms with E-state index in [1.165, 1.54) is 4.57 Å². The van der Waals surface area contributed by atoms with Crippen LogP contribution in [0.2, 0.25) is 0 Å². The van der Waals surface area contributed by atoms with Crippen molar-refractivity contribution in [3.8, 4) is 17.5 Å². The van der Waals surface area contributed by atoms with Crippen molar-refractivity contribution in [1.82, 2.24) is 4.57 Å². The Bertz CT molecular complexity index is 1220. The van der Waals surface area contributed by atoms with Crippen LogP contribution < -0.4 is 25.2 Å². The lowest BCUT2D eigenvalue weighted by atomic mass is 10.2. The van der Waals surface area contributed by atoms with Crippen molar-refractivity contribution in [2.75, 3.05) is 6.61 Å². The number of ether oxygens (including phenoxy) is 1. The van der Waals surface area contributed by atoms with Gasteiger partial charge in [0.2, 0.25) is 0 Å². The van der Waals surface area contributed by atoms with Crippen LogP contribution >= 0.6 is 11.3 Å². The minimum atomic E-state index is -0.874. The molecule has 0 fully saturated rings. The molecule has 1 amide bonds. The van der Waals surface area contributed by atoms with Gasteiger partial charge in [0.05, 0.1) is 16.8 Å². The maximum atomic E-state index is 13.0. The molecular formula is C21H17N3O3S. The quantitative estimate of drug-likeness (QED) is 0.708. The fourth-order valence-corrected chi connectivity index (χ4v) is 3.76. The third-order valence-corrected chi connectivity index (χ3v) is 4.99. The van der Waals surface area contributed by atoms with Gasteiger partial charge < -0.3 is 10.5 Å². The number of benzene rings is 2. The number of thiazole rings is 1. The number of amides is 1. The summed E-state index contributed by atoms with van der Waals surface area (Å²) in [5, 5.41) is 9.37. The van der Waals surface area contributed by atoms with Crippen molar-refractivity contribution in [3.05, 3.63) is 79.7 Å². The summed E-state index contributed by atoms with van der Waals surface area (Å²) in [5.41, 5.74) is 6.13. The van der Waals surface area contributed by atoms with Gasteiger partial charge in [0.1, 0.15) is 16.5 Å². The largest absolute Gasteiger partial charge is 0.494 e. The molecule has 0 aliphatic carbocycles. The predicted molar refractivity (Wildman–Crippen MR) is 109 cm³/mol. The fraction of sp³-hybridized carbons (Fsp3) is 0.0952. The smallest absolute Gasteiger partial charge is 0.273 e. The van der Waals surface area contributed by atoms with Gasteiger partial charge in [-0.15, -0.1) is 11.3 Å². The first-order chi connectivity index (χ1) is 13.5. The number of nitrogens with two attached hydrogens (primary N) is 1. The van der Waals surface area contributed by atoms with Crippen LogP contribution in [0.15, 0.2) is 59.4 Å². The number of para-hydroxylation sites is 1. The number of hydrogen-bond acceptors (Lipinski definition) is 5. The van der Waals surface area contributed by atoms with Crippen LogP contribution in [-0.4, -0.2) is 17.1 Å². The number of rotatable bonds is 5. The van der Waals surface area contributed by atoms with E-state index in [1.807, 2.05) is 43.3 Å². The van der Waals surface area contributed by atoms with Crippen molar-refractivity contribution >= 4 is 28.9 Å². The Morgan fingerprint density at radius 3 is 2.46 bits per heavy atom. The highest BCUT2D eigenvalue weighted by molar-refractivity contribution is 7.07. The fourth-order valence-electron chi connectivity index (χ4n) is 2.65. The van der Waals surface area contributed by atoms with Gasteiger partial charge in [0.25, 0.3) is 11.5 Å². The van der Waals surface area contributed by atoms with Crippen LogP contribution in [0.5, 0.6) is 5.75 Å². The molecular weight excluding hydrogens is 374 g/mol. The summed E-state index contributed by atoms with van der Waals surface area (Å²) in [6, 6.07) is 17.9. The monoisotopic (exact) mass is 391 g/mol. The van der Waals surface area contributed by atoms with E-state index in [0.717, 1.165) is 22.6 Å². The summed E-state index contributed by atoms with van der Waals surface area (Å²) in [6.07, 6.45) is 1.71. The van der Waals surface area contributed by atoms with Gasteiger partial charge in [-0.05, 0) is 42.8 Å². The zero-order valence-corrected chi connectivity index (χ0v) is 15.9. The van der Waals surface area contributed by atoms with E-state index < -0.39 is 5.91 Å². The molecule has 0 radical (unpaired) electrons. The standard InChI is InChI=1S/C21H17N3O3S/c1-2-27-16-10-8-14(9-11-16)12-18-20(26)24(15-6-4-3-5-7-15)21(28-18)17(13-22)19(23)25/h3-12H,2H2,1H3,(H2,23,25). The lowest BCUT2D eigenvalue weighted by Crippen LogP contribution is -2.32. The first-order valence-corrected chi connectivity index (χ1v) is 9.33. The Hall–Kier alpha value is -3.63. The Labute approximate surface area is 165 Å². The van der Waals surface area contributed by atoms with E-state index in [0.29, 0.717) is 16.8 Å². The second-order valence-corrected chi connectivity index (χ2v) is 6.78. The molecule has 0 saturated heterocycles. The molecule has 2 N–H and O–H groups in total. The highest BCUT2D eigenvalue weighted by Gasteiger charge is 2.14. The topological polar surface area (TPSA) is 98.1 Å². The van der Waals surface area contributed by atoms with Gasteiger partial charge >= 0.3 is 0 Å². The second-order valence-electron chi connectivity index (χ2n) is 5.75. The van der Waals surface area contributed by atoms with Gasteiger partial charge in [-0.1, -0.05) is 30.3 Å². The van der Waals surface area contributed by atoms with E-state index in [9.17, 15) is 14.9 Å². The van der Waals surface area contributed by atoms with Crippen LogP contribution in [-0.2, 0) is 4.79 Å². The average Bonchev–Trinajstić information content (AvgIpc) is 3.00. The van der Waals surface area contributed by atoms with Crippen LogP contribution in [0.3, 0.4) is 0 Å². The molecule has 3 aromatic rings. The van der Waals surface area contributed by atoms with E-state index in [4.69, 9.17) is 10.5 Å². The summed E-state index contributed by atoms with van der Waals surface area (Å²) >= 11 is 1.05. The lowest BCUT2D eigenvalue weighted by Gasteiger charge is -2.02. The Morgan fingerprint density at radius 2 is 1.89 bits per heavy atom. The van der Waals surface area contributed by atoms with Crippen molar-refractivity contribution in [3.63, 3.8) is 0 Å². The van der Waals surface area contributed by atoms with Gasteiger partial charge in [0.15, 0.2) is 5.57 Å². The average molecular weight is 391 g/mol. The predicted octanol–water partition coefficient (Wildman–Crippen LogP) is 1.29. The summed E-state index contributed by atoms with van der Waals surface area (Å²) in [5.74, 6) is -0.136. The highest BCUT2D eigenvalue weighted by atomic mass is 32.1. The number of hydrogen-bond donors (Lipinski definition) is 1. The molecule has 0 unspecified atom stereocenters. The minimum Gasteiger partial charge on any atom is -0.494 e. The molecule has 1 aromatic heterocycles. The normalized spacial score (nSPS) is 12.4. The number of primary amides is 1. The lowest BCUT2D eigenvalue weighted by molar-refractivity contribution is -0.112. The zero-order valence-electron chi connectivity index (χ0n) is 15.1. The number of nitrogens with zero attached hydrogens (tertiary/aromatic N) is 2. The molecule has 140 valence electrons. The second kappa shape index (κ2) is 8.37. The molecule has 6 nitrogen and oxygen atoms in total. The SMILES string of the molecule is CCOc1ccc(C=c2sc(=C(C#N)C(N)=O)n(-c3ccccc3)c2=O)cc1. The van der Waals surface area contributed by atoms with Crippen LogP contribution in [0, 0.1) is 11.3 Å². The van der Waals surface area contributed by atoms with Crippen LogP contribution in [0.1, 0.15) is 12.5 Å². The summed E-state index contributed by atoms with van der Waals surface area (Å²) in [4.78, 5) is 24.8. The summed E-state index contributed by atoms with van der Waals surface area (Å²) < 4.78 is 7.36. The first kappa shape index (κ1) is 19.1.